The molecule has 2 aromatic carbocycles. The predicted octanol–water partition coefficient (Wildman–Crippen LogP) is 2.44. The van der Waals surface area contributed by atoms with Crippen molar-refractivity contribution in [2.75, 3.05) is 0 Å². The van der Waals surface area contributed by atoms with Gasteiger partial charge in [-0.15, -0.1) is 0 Å². The van der Waals surface area contributed by atoms with E-state index < -0.39 is 0 Å². The van der Waals surface area contributed by atoms with Gasteiger partial charge in [0.1, 0.15) is 0 Å². The fourth-order valence-corrected chi connectivity index (χ4v) is 3.94. The summed E-state index contributed by atoms with van der Waals surface area (Å²) in [6.07, 6.45) is 0. The van der Waals surface area contributed by atoms with Crippen molar-refractivity contribution in [2.24, 2.45) is 0 Å². The summed E-state index contributed by atoms with van der Waals surface area (Å²) in [5.74, 6) is 0. The molecule has 0 atom stereocenters. The first-order valence-corrected chi connectivity index (χ1v) is 8.49. The zero-order valence-electron chi connectivity index (χ0n) is 11.2. The number of nitrogens with zero attached hydrogens (tertiary/aromatic N) is 2. The molecule has 0 fully saturated rings. The summed E-state index contributed by atoms with van der Waals surface area (Å²) in [4.78, 5) is 9.48. The van der Waals surface area contributed by atoms with Crippen LogP contribution >= 0.6 is 0 Å². The molecule has 0 N–H and O–H groups in total. The molecule has 21 heavy (non-hydrogen) atoms. The Kier molecular flexibility index (Phi) is 3.15. The summed E-state index contributed by atoms with van der Waals surface area (Å²) < 4.78 is 2.23. The van der Waals surface area contributed by atoms with Gasteiger partial charge < -0.3 is 0 Å². The summed E-state index contributed by atoms with van der Waals surface area (Å²) in [7, 11) is 0. The Morgan fingerprint density at radius 3 is 1.52 bits per heavy atom. The normalized spacial score (nSPS) is 11.0. The standard InChI is InChI=1S/C18H12N2Se/c1-3-7-15-13(5-1)9-11-17(19-15)21-18-12-10-14-6-2-4-8-16(14)20-18/h1-12H. The van der Waals surface area contributed by atoms with Crippen molar-refractivity contribution in [1.82, 2.24) is 9.97 Å². The average molecular weight is 335 g/mol. The Morgan fingerprint density at radius 1 is 0.524 bits per heavy atom. The third-order valence-corrected chi connectivity index (χ3v) is 5.19. The second-order valence-electron chi connectivity index (χ2n) is 4.79. The molecule has 0 amide bonds. The van der Waals surface area contributed by atoms with Gasteiger partial charge in [0.25, 0.3) is 0 Å². The second-order valence-corrected chi connectivity index (χ2v) is 6.97. The van der Waals surface area contributed by atoms with Gasteiger partial charge in [0.15, 0.2) is 0 Å². The van der Waals surface area contributed by atoms with E-state index in [9.17, 15) is 0 Å². The van der Waals surface area contributed by atoms with Crippen LogP contribution < -0.4 is 9.18 Å². The number of benzene rings is 2. The van der Waals surface area contributed by atoms with Crippen molar-refractivity contribution in [1.29, 1.82) is 0 Å². The van der Waals surface area contributed by atoms with Crippen molar-refractivity contribution < 1.29 is 0 Å². The van der Waals surface area contributed by atoms with Crippen LogP contribution in [-0.2, 0) is 0 Å². The van der Waals surface area contributed by atoms with Gasteiger partial charge in [-0.1, -0.05) is 0 Å². The average Bonchev–Trinajstić information content (AvgIpc) is 2.55. The Balaban J connectivity index is 1.71. The first kappa shape index (κ1) is 12.5. The van der Waals surface area contributed by atoms with Gasteiger partial charge in [-0.25, -0.2) is 0 Å². The molecule has 3 heteroatoms. The number of rotatable bonds is 2. The van der Waals surface area contributed by atoms with Crippen LogP contribution in [0.5, 0.6) is 0 Å². The molecule has 0 aliphatic heterocycles. The maximum atomic E-state index is 4.74. The van der Waals surface area contributed by atoms with Gasteiger partial charge in [-0.3, -0.25) is 0 Å². The molecule has 0 aliphatic rings. The molecule has 0 saturated heterocycles. The molecule has 2 heterocycles. The van der Waals surface area contributed by atoms with E-state index in [1.54, 1.807) is 0 Å². The van der Waals surface area contributed by atoms with Gasteiger partial charge in [-0.2, -0.15) is 0 Å². The second kappa shape index (κ2) is 5.28. The minimum atomic E-state index is 0.133. The number of pyridine rings is 2. The van der Waals surface area contributed by atoms with Crippen LogP contribution in [0.4, 0.5) is 0 Å². The minimum absolute atomic E-state index is 0.133. The summed E-state index contributed by atoms with van der Waals surface area (Å²) in [5, 5.41) is 2.37. The molecule has 0 saturated carbocycles. The Bertz CT molecular complexity index is 857. The van der Waals surface area contributed by atoms with Crippen LogP contribution in [0.1, 0.15) is 0 Å². The van der Waals surface area contributed by atoms with Crippen LogP contribution in [0, 0.1) is 0 Å². The molecule has 0 unspecified atom stereocenters. The Hall–Kier alpha value is -2.22. The van der Waals surface area contributed by atoms with Gasteiger partial charge in [0.2, 0.25) is 0 Å². The van der Waals surface area contributed by atoms with Gasteiger partial charge in [0, 0.05) is 0 Å². The zero-order chi connectivity index (χ0) is 14.1. The van der Waals surface area contributed by atoms with Crippen molar-refractivity contribution in [3.63, 3.8) is 0 Å². The van der Waals surface area contributed by atoms with E-state index in [0.29, 0.717) is 0 Å². The molecule has 4 aromatic rings. The number of hydrogen-bond acceptors (Lipinski definition) is 2. The van der Waals surface area contributed by atoms with Crippen molar-refractivity contribution in [3.8, 4) is 0 Å². The van der Waals surface area contributed by atoms with Gasteiger partial charge in [-0.05, 0) is 0 Å². The molecule has 0 aliphatic carbocycles. The number of fused-ring (bicyclic) bond motifs is 2. The topological polar surface area (TPSA) is 25.8 Å². The molecule has 0 bridgehead atoms. The van der Waals surface area contributed by atoms with E-state index in [4.69, 9.17) is 9.97 Å². The molecular formula is C18H12N2Se. The summed E-state index contributed by atoms with van der Waals surface area (Å²) in [5.41, 5.74) is 2.11. The SMILES string of the molecule is c1ccc2nc([Se]c3ccc4ccccc4n3)ccc2c1. The van der Waals surface area contributed by atoms with E-state index >= 15 is 0 Å². The fourth-order valence-electron chi connectivity index (χ4n) is 2.32. The van der Waals surface area contributed by atoms with Crippen molar-refractivity contribution in [2.45, 2.75) is 0 Å². The molecule has 100 valence electrons. The van der Waals surface area contributed by atoms with Crippen molar-refractivity contribution in [3.05, 3.63) is 72.8 Å². The maximum absolute atomic E-state index is 4.74. The van der Waals surface area contributed by atoms with Crippen LogP contribution in [0.2, 0.25) is 0 Å². The van der Waals surface area contributed by atoms with Gasteiger partial charge >= 0.3 is 129 Å². The van der Waals surface area contributed by atoms with Crippen LogP contribution in [0.3, 0.4) is 0 Å². The molecule has 4 rings (SSSR count). The first-order valence-electron chi connectivity index (χ1n) is 6.78. The predicted molar refractivity (Wildman–Crippen MR) is 88.5 cm³/mol. The first-order chi connectivity index (χ1) is 10.4. The van der Waals surface area contributed by atoms with E-state index in [1.807, 2.05) is 24.3 Å². The van der Waals surface area contributed by atoms with Crippen molar-refractivity contribution >= 4 is 45.9 Å². The Morgan fingerprint density at radius 2 is 1.00 bits per heavy atom. The quantitative estimate of drug-likeness (QED) is 0.526. The van der Waals surface area contributed by atoms with Gasteiger partial charge in [0.05, 0.1) is 0 Å². The van der Waals surface area contributed by atoms with E-state index in [-0.39, 0.29) is 15.0 Å². The third-order valence-electron chi connectivity index (χ3n) is 3.35. The molecule has 2 nitrogen and oxygen atoms in total. The molecule has 0 radical (unpaired) electrons. The number of aromatic nitrogens is 2. The van der Waals surface area contributed by atoms with E-state index in [2.05, 4.69) is 48.5 Å². The molecule has 2 aromatic heterocycles. The van der Waals surface area contributed by atoms with Crippen LogP contribution in [0.25, 0.3) is 21.8 Å². The monoisotopic (exact) mass is 336 g/mol. The molecule has 0 spiro atoms. The summed E-state index contributed by atoms with van der Waals surface area (Å²) in [6.45, 7) is 0. The zero-order valence-corrected chi connectivity index (χ0v) is 12.9. The Labute approximate surface area is 129 Å². The molecular weight excluding hydrogens is 323 g/mol. The summed E-state index contributed by atoms with van der Waals surface area (Å²) in [6, 6.07) is 24.9. The third kappa shape index (κ3) is 2.54. The van der Waals surface area contributed by atoms with Crippen LogP contribution in [0.15, 0.2) is 72.8 Å². The van der Waals surface area contributed by atoms with Crippen LogP contribution in [-0.4, -0.2) is 24.9 Å². The van der Waals surface area contributed by atoms with E-state index in [1.165, 1.54) is 10.8 Å². The summed E-state index contributed by atoms with van der Waals surface area (Å²) >= 11 is 0.133. The van der Waals surface area contributed by atoms with E-state index in [0.717, 1.165) is 20.2 Å². The number of hydrogen-bond donors (Lipinski definition) is 0. The fraction of sp³-hybridized carbons (Fsp3) is 0. The number of para-hydroxylation sites is 2.